The first kappa shape index (κ1) is 21.9. The smallest absolute Gasteiger partial charge is 0.416 e. The summed E-state index contributed by atoms with van der Waals surface area (Å²) in [4.78, 5) is 8.89. The number of benzene rings is 2. The van der Waals surface area contributed by atoms with E-state index in [1.807, 2.05) is 0 Å². The van der Waals surface area contributed by atoms with Crippen molar-refractivity contribution < 1.29 is 27.4 Å². The van der Waals surface area contributed by atoms with E-state index >= 15 is 0 Å². The second-order valence-corrected chi connectivity index (χ2v) is 7.67. The van der Waals surface area contributed by atoms with E-state index < -0.39 is 11.7 Å². The van der Waals surface area contributed by atoms with Crippen LogP contribution in [0.4, 0.5) is 24.7 Å². The lowest BCUT2D eigenvalue weighted by Gasteiger charge is -2.26. The van der Waals surface area contributed by atoms with Crippen molar-refractivity contribution in [3.8, 4) is 11.5 Å². The number of nitrogens with one attached hydrogen (secondary N) is 1. The summed E-state index contributed by atoms with van der Waals surface area (Å²) >= 11 is 0. The molecule has 0 aliphatic carbocycles. The first-order chi connectivity index (χ1) is 15.2. The number of ether oxygens (including phenoxy) is 3. The molecule has 0 bridgehead atoms. The zero-order valence-corrected chi connectivity index (χ0v) is 17.6. The van der Waals surface area contributed by atoms with Crippen molar-refractivity contribution in [3.63, 3.8) is 0 Å². The van der Waals surface area contributed by atoms with Crippen LogP contribution in [0.3, 0.4) is 0 Å². The molecule has 1 aliphatic heterocycles. The van der Waals surface area contributed by atoms with E-state index in [0.717, 1.165) is 12.1 Å². The molecule has 3 aromatic rings. The normalized spacial score (nSPS) is 14.3. The topological polar surface area (TPSA) is 91.5 Å². The van der Waals surface area contributed by atoms with Gasteiger partial charge in [-0.2, -0.15) is 13.2 Å². The largest absolute Gasteiger partial charge is 0.493 e. The van der Waals surface area contributed by atoms with Crippen LogP contribution < -0.4 is 20.5 Å². The molecule has 0 atom stereocenters. The summed E-state index contributed by atoms with van der Waals surface area (Å²) in [5.41, 5.74) is 5.93. The lowest BCUT2D eigenvalue weighted by atomic mass is 10.1. The van der Waals surface area contributed by atoms with Crippen molar-refractivity contribution in [1.29, 1.82) is 0 Å². The van der Waals surface area contributed by atoms with Crippen LogP contribution in [-0.2, 0) is 17.5 Å². The van der Waals surface area contributed by atoms with Gasteiger partial charge in [-0.1, -0.05) is 0 Å². The summed E-state index contributed by atoms with van der Waals surface area (Å²) in [5, 5.41) is 3.76. The number of nitrogens with two attached hydrogens (primary N) is 1. The van der Waals surface area contributed by atoms with Gasteiger partial charge in [0, 0.05) is 29.6 Å². The predicted molar refractivity (Wildman–Crippen MR) is 114 cm³/mol. The minimum Gasteiger partial charge on any atom is -0.493 e. The third-order valence-corrected chi connectivity index (χ3v) is 5.08. The molecule has 2 heterocycles. The maximum absolute atomic E-state index is 13.1. The number of fused-ring (bicyclic) bond motifs is 1. The number of nitrogen functional groups attached to an aromatic ring is 1. The van der Waals surface area contributed by atoms with E-state index in [-0.39, 0.29) is 12.2 Å². The van der Waals surface area contributed by atoms with Crippen LogP contribution in [0, 0.1) is 12.8 Å². The van der Waals surface area contributed by atoms with Crippen molar-refractivity contribution in [1.82, 2.24) is 9.97 Å². The highest BCUT2D eigenvalue weighted by Crippen LogP contribution is 2.35. The maximum Gasteiger partial charge on any atom is 0.416 e. The SMILES string of the molecule is COc1cc2c(NCc3cc(N)cc(C(F)(F)F)c3)nc(C)nc2cc1OCC1COC1. The Balaban J connectivity index is 1.62. The summed E-state index contributed by atoms with van der Waals surface area (Å²) in [7, 11) is 1.54. The molecule has 0 spiro atoms. The molecule has 1 aliphatic rings. The number of nitrogens with zero attached hydrogens (tertiary/aromatic N) is 2. The van der Waals surface area contributed by atoms with Crippen LogP contribution in [0.1, 0.15) is 17.0 Å². The molecule has 1 saturated heterocycles. The highest BCUT2D eigenvalue weighted by Gasteiger charge is 2.31. The Morgan fingerprint density at radius 1 is 1.12 bits per heavy atom. The maximum atomic E-state index is 13.1. The summed E-state index contributed by atoms with van der Waals surface area (Å²) in [6, 6.07) is 7.00. The molecule has 1 aromatic heterocycles. The number of alkyl halides is 3. The highest BCUT2D eigenvalue weighted by atomic mass is 19.4. The summed E-state index contributed by atoms with van der Waals surface area (Å²) < 4.78 is 55.9. The van der Waals surface area contributed by atoms with Gasteiger partial charge in [0.2, 0.25) is 0 Å². The number of aryl methyl sites for hydroxylation is 1. The van der Waals surface area contributed by atoms with Crippen LogP contribution in [-0.4, -0.2) is 36.9 Å². The quantitative estimate of drug-likeness (QED) is 0.524. The summed E-state index contributed by atoms with van der Waals surface area (Å²) in [5.74, 6) is 2.39. The molecule has 3 N–H and O–H groups in total. The third kappa shape index (κ3) is 4.80. The van der Waals surface area contributed by atoms with E-state index in [9.17, 15) is 13.2 Å². The molecule has 0 radical (unpaired) electrons. The Labute approximate surface area is 182 Å². The zero-order valence-electron chi connectivity index (χ0n) is 17.6. The molecule has 170 valence electrons. The van der Waals surface area contributed by atoms with E-state index in [0.29, 0.717) is 65.3 Å². The minimum atomic E-state index is -4.47. The number of anilines is 2. The van der Waals surface area contributed by atoms with Crippen LogP contribution in [0.15, 0.2) is 30.3 Å². The standard InChI is InChI=1S/C22H23F3N4O3/c1-12-28-18-7-20(32-11-14-9-31-10-14)19(30-2)6-17(18)21(29-12)27-8-13-3-15(22(23,24)25)5-16(26)4-13/h3-7,14H,8-11,26H2,1-2H3,(H,27,28,29). The first-order valence-electron chi connectivity index (χ1n) is 10.0. The van der Waals surface area contributed by atoms with Gasteiger partial charge < -0.3 is 25.3 Å². The molecule has 0 saturated carbocycles. The molecule has 32 heavy (non-hydrogen) atoms. The van der Waals surface area contributed by atoms with E-state index in [4.69, 9.17) is 19.9 Å². The number of rotatable bonds is 7. The van der Waals surface area contributed by atoms with Crippen molar-refractivity contribution in [2.75, 3.05) is 38.0 Å². The molecule has 0 amide bonds. The minimum absolute atomic E-state index is 0.0423. The lowest BCUT2D eigenvalue weighted by Crippen LogP contribution is -2.32. The average Bonchev–Trinajstić information content (AvgIpc) is 2.69. The van der Waals surface area contributed by atoms with Gasteiger partial charge in [0.15, 0.2) is 11.5 Å². The van der Waals surface area contributed by atoms with Gasteiger partial charge in [-0.05, 0) is 36.8 Å². The second-order valence-electron chi connectivity index (χ2n) is 7.67. The number of hydrogen-bond acceptors (Lipinski definition) is 7. The third-order valence-electron chi connectivity index (χ3n) is 5.08. The van der Waals surface area contributed by atoms with E-state index in [1.54, 1.807) is 19.1 Å². The van der Waals surface area contributed by atoms with Crippen molar-refractivity contribution in [2.24, 2.45) is 5.92 Å². The molecule has 2 aromatic carbocycles. The van der Waals surface area contributed by atoms with Crippen LogP contribution >= 0.6 is 0 Å². The molecular weight excluding hydrogens is 425 g/mol. The summed E-state index contributed by atoms with van der Waals surface area (Å²) in [6.07, 6.45) is -4.47. The van der Waals surface area contributed by atoms with Gasteiger partial charge in [-0.25, -0.2) is 9.97 Å². The molecule has 10 heteroatoms. The molecule has 4 rings (SSSR count). The number of aromatic nitrogens is 2. The van der Waals surface area contributed by atoms with Gasteiger partial charge in [-0.3, -0.25) is 0 Å². The fraction of sp³-hybridized carbons (Fsp3) is 0.364. The van der Waals surface area contributed by atoms with Crippen LogP contribution in [0.25, 0.3) is 10.9 Å². The Hall–Kier alpha value is -3.27. The fourth-order valence-electron chi connectivity index (χ4n) is 3.42. The molecule has 7 nitrogen and oxygen atoms in total. The van der Waals surface area contributed by atoms with Gasteiger partial charge in [0.05, 0.1) is 38.0 Å². The van der Waals surface area contributed by atoms with E-state index in [1.165, 1.54) is 13.2 Å². The average molecular weight is 448 g/mol. The molecule has 0 unspecified atom stereocenters. The number of halogens is 3. The Morgan fingerprint density at radius 2 is 1.91 bits per heavy atom. The monoisotopic (exact) mass is 448 g/mol. The number of methoxy groups -OCH3 is 1. The van der Waals surface area contributed by atoms with Crippen molar-refractivity contribution in [3.05, 3.63) is 47.3 Å². The Morgan fingerprint density at radius 3 is 2.56 bits per heavy atom. The van der Waals surface area contributed by atoms with Gasteiger partial charge in [-0.15, -0.1) is 0 Å². The Bertz CT molecular complexity index is 1130. The summed E-state index contributed by atoms with van der Waals surface area (Å²) in [6.45, 7) is 3.69. The predicted octanol–water partition coefficient (Wildman–Crippen LogP) is 4.19. The van der Waals surface area contributed by atoms with Crippen molar-refractivity contribution >= 4 is 22.4 Å². The lowest BCUT2D eigenvalue weighted by molar-refractivity contribution is -0.137. The van der Waals surface area contributed by atoms with E-state index in [2.05, 4.69) is 15.3 Å². The first-order valence-corrected chi connectivity index (χ1v) is 10.0. The zero-order chi connectivity index (χ0) is 22.9. The van der Waals surface area contributed by atoms with Crippen molar-refractivity contribution in [2.45, 2.75) is 19.6 Å². The van der Waals surface area contributed by atoms with Crippen LogP contribution in [0.2, 0.25) is 0 Å². The fourth-order valence-corrected chi connectivity index (χ4v) is 3.42. The molecular formula is C22H23F3N4O3. The highest BCUT2D eigenvalue weighted by molar-refractivity contribution is 5.91. The van der Waals surface area contributed by atoms with Gasteiger partial charge in [0.1, 0.15) is 11.6 Å². The number of hydrogen-bond donors (Lipinski definition) is 2. The van der Waals surface area contributed by atoms with Gasteiger partial charge in [0.25, 0.3) is 0 Å². The molecule has 1 fully saturated rings. The Kier molecular flexibility index (Phi) is 5.96. The van der Waals surface area contributed by atoms with Gasteiger partial charge >= 0.3 is 6.18 Å². The second kappa shape index (κ2) is 8.70. The van der Waals surface area contributed by atoms with Crippen LogP contribution in [0.5, 0.6) is 11.5 Å².